The molecule has 108 valence electrons. The molecule has 0 fully saturated rings. The molecule has 7 heteroatoms. The molecule has 0 radical (unpaired) electrons. The SMILES string of the molecule is Cc1ccncc1CNC(=O)c1ccc([N+](=O)[O-])cc1Cl. The Morgan fingerprint density at radius 1 is 1.43 bits per heavy atom. The number of non-ortho nitro benzene ring substituents is 1. The van der Waals surface area contributed by atoms with Gasteiger partial charge >= 0.3 is 0 Å². The summed E-state index contributed by atoms with van der Waals surface area (Å²) in [6.07, 6.45) is 3.35. The van der Waals surface area contributed by atoms with Crippen molar-refractivity contribution in [3.05, 3.63) is 68.5 Å². The van der Waals surface area contributed by atoms with E-state index in [2.05, 4.69) is 10.3 Å². The molecule has 21 heavy (non-hydrogen) atoms. The van der Waals surface area contributed by atoms with Gasteiger partial charge in [0.25, 0.3) is 11.6 Å². The molecular formula is C14H12ClN3O3. The van der Waals surface area contributed by atoms with Gasteiger partial charge in [-0.2, -0.15) is 0 Å². The zero-order valence-electron chi connectivity index (χ0n) is 11.2. The second-order valence-electron chi connectivity index (χ2n) is 4.41. The van der Waals surface area contributed by atoms with Gasteiger partial charge < -0.3 is 5.32 Å². The Balaban J connectivity index is 2.11. The van der Waals surface area contributed by atoms with E-state index in [1.54, 1.807) is 12.4 Å². The summed E-state index contributed by atoms with van der Waals surface area (Å²) in [7, 11) is 0. The van der Waals surface area contributed by atoms with Crippen LogP contribution in [0, 0.1) is 17.0 Å². The quantitative estimate of drug-likeness (QED) is 0.695. The monoisotopic (exact) mass is 305 g/mol. The third kappa shape index (κ3) is 3.55. The largest absolute Gasteiger partial charge is 0.348 e. The molecule has 2 aromatic rings. The summed E-state index contributed by atoms with van der Waals surface area (Å²) < 4.78 is 0. The number of aryl methyl sites for hydroxylation is 1. The number of nitro benzene ring substituents is 1. The predicted molar refractivity (Wildman–Crippen MR) is 78.3 cm³/mol. The van der Waals surface area contributed by atoms with Crippen LogP contribution in [0.15, 0.2) is 36.7 Å². The molecule has 0 saturated carbocycles. The molecule has 1 heterocycles. The number of benzene rings is 1. The minimum atomic E-state index is -0.563. The Labute approximate surface area is 125 Å². The number of pyridine rings is 1. The van der Waals surface area contributed by atoms with Gasteiger partial charge in [-0.25, -0.2) is 0 Å². The van der Waals surface area contributed by atoms with Crippen molar-refractivity contribution in [1.82, 2.24) is 10.3 Å². The molecule has 0 saturated heterocycles. The number of carbonyl (C=O) groups is 1. The maximum Gasteiger partial charge on any atom is 0.270 e. The summed E-state index contributed by atoms with van der Waals surface area (Å²) in [5.41, 5.74) is 1.95. The second kappa shape index (κ2) is 6.32. The number of rotatable bonds is 4. The summed E-state index contributed by atoms with van der Waals surface area (Å²) in [4.78, 5) is 26.1. The van der Waals surface area contributed by atoms with Crippen molar-refractivity contribution in [3.63, 3.8) is 0 Å². The topological polar surface area (TPSA) is 85.1 Å². The fraction of sp³-hybridized carbons (Fsp3) is 0.143. The lowest BCUT2D eigenvalue weighted by Gasteiger charge is -2.08. The minimum absolute atomic E-state index is 0.0459. The Morgan fingerprint density at radius 3 is 2.81 bits per heavy atom. The molecule has 0 bridgehead atoms. The van der Waals surface area contributed by atoms with Gasteiger partial charge in [0.05, 0.1) is 15.5 Å². The summed E-state index contributed by atoms with van der Waals surface area (Å²) in [5, 5.41) is 13.4. The van der Waals surface area contributed by atoms with Crippen molar-refractivity contribution in [1.29, 1.82) is 0 Å². The molecule has 0 aliphatic carbocycles. The number of halogens is 1. The maximum atomic E-state index is 12.0. The lowest BCUT2D eigenvalue weighted by Crippen LogP contribution is -2.23. The number of amides is 1. The van der Waals surface area contributed by atoms with Crippen molar-refractivity contribution in [2.45, 2.75) is 13.5 Å². The molecule has 2 rings (SSSR count). The van der Waals surface area contributed by atoms with E-state index in [1.807, 2.05) is 13.0 Å². The van der Waals surface area contributed by atoms with E-state index >= 15 is 0 Å². The van der Waals surface area contributed by atoms with Gasteiger partial charge in [-0.3, -0.25) is 19.9 Å². The van der Waals surface area contributed by atoms with E-state index in [9.17, 15) is 14.9 Å². The average Bonchev–Trinajstić information content (AvgIpc) is 2.46. The van der Waals surface area contributed by atoms with Crippen LogP contribution in [0.25, 0.3) is 0 Å². The van der Waals surface area contributed by atoms with E-state index in [0.29, 0.717) is 6.54 Å². The van der Waals surface area contributed by atoms with Gasteiger partial charge in [-0.15, -0.1) is 0 Å². The molecule has 6 nitrogen and oxygen atoms in total. The highest BCUT2D eigenvalue weighted by atomic mass is 35.5. The third-order valence-corrected chi connectivity index (χ3v) is 3.31. The van der Waals surface area contributed by atoms with Gasteiger partial charge in [0.15, 0.2) is 0 Å². The first-order chi connectivity index (χ1) is 9.99. The number of hydrogen-bond donors (Lipinski definition) is 1. The van der Waals surface area contributed by atoms with E-state index in [1.165, 1.54) is 12.1 Å². The first-order valence-corrected chi connectivity index (χ1v) is 6.48. The van der Waals surface area contributed by atoms with Crippen LogP contribution in [-0.2, 0) is 6.54 Å². The van der Waals surface area contributed by atoms with E-state index in [-0.39, 0.29) is 16.3 Å². The Hall–Kier alpha value is -2.47. The summed E-state index contributed by atoms with van der Waals surface area (Å²) in [6, 6.07) is 5.59. The molecule has 1 aromatic carbocycles. The summed E-state index contributed by atoms with van der Waals surface area (Å²) in [5.74, 6) is -0.391. The van der Waals surface area contributed by atoms with E-state index < -0.39 is 10.8 Å². The molecule has 1 N–H and O–H groups in total. The molecular weight excluding hydrogens is 294 g/mol. The standard InChI is InChI=1S/C14H12ClN3O3/c1-9-4-5-16-7-10(9)8-17-14(19)12-3-2-11(18(20)21)6-13(12)15/h2-7H,8H2,1H3,(H,17,19). The van der Waals surface area contributed by atoms with Gasteiger partial charge in [0.2, 0.25) is 0 Å². The zero-order valence-corrected chi connectivity index (χ0v) is 11.9. The normalized spacial score (nSPS) is 10.2. The van der Waals surface area contributed by atoms with Crippen LogP contribution < -0.4 is 5.32 Å². The van der Waals surface area contributed by atoms with Crippen molar-refractivity contribution in [2.75, 3.05) is 0 Å². The number of hydrogen-bond acceptors (Lipinski definition) is 4. The summed E-state index contributed by atoms with van der Waals surface area (Å²) in [6.45, 7) is 2.23. The maximum absolute atomic E-state index is 12.0. The number of nitro groups is 1. The zero-order chi connectivity index (χ0) is 15.4. The van der Waals surface area contributed by atoms with Gasteiger partial charge in [0, 0.05) is 31.1 Å². The number of aromatic nitrogens is 1. The first-order valence-electron chi connectivity index (χ1n) is 6.10. The van der Waals surface area contributed by atoms with Gasteiger partial charge in [-0.05, 0) is 30.2 Å². The van der Waals surface area contributed by atoms with Crippen molar-refractivity contribution in [3.8, 4) is 0 Å². The molecule has 0 aliphatic rings. The fourth-order valence-electron chi connectivity index (χ4n) is 1.75. The first kappa shape index (κ1) is 14.9. The fourth-order valence-corrected chi connectivity index (χ4v) is 2.01. The highest BCUT2D eigenvalue weighted by Crippen LogP contribution is 2.22. The second-order valence-corrected chi connectivity index (χ2v) is 4.81. The van der Waals surface area contributed by atoms with Gasteiger partial charge in [0.1, 0.15) is 0 Å². The molecule has 1 aromatic heterocycles. The van der Waals surface area contributed by atoms with Crippen LogP contribution in [0.3, 0.4) is 0 Å². The molecule has 1 amide bonds. The summed E-state index contributed by atoms with van der Waals surface area (Å²) >= 11 is 5.90. The molecule has 0 aliphatic heterocycles. The van der Waals surface area contributed by atoms with Crippen molar-refractivity contribution in [2.24, 2.45) is 0 Å². The van der Waals surface area contributed by atoms with E-state index in [4.69, 9.17) is 11.6 Å². The lowest BCUT2D eigenvalue weighted by atomic mass is 10.1. The Morgan fingerprint density at radius 2 is 2.19 bits per heavy atom. The van der Waals surface area contributed by atoms with Crippen LogP contribution in [-0.4, -0.2) is 15.8 Å². The van der Waals surface area contributed by atoms with Crippen LogP contribution in [0.2, 0.25) is 5.02 Å². The third-order valence-electron chi connectivity index (χ3n) is 2.99. The lowest BCUT2D eigenvalue weighted by molar-refractivity contribution is -0.384. The number of nitrogens with one attached hydrogen (secondary N) is 1. The molecule has 0 unspecified atom stereocenters. The van der Waals surface area contributed by atoms with Crippen LogP contribution >= 0.6 is 11.6 Å². The van der Waals surface area contributed by atoms with Crippen molar-refractivity contribution < 1.29 is 9.72 Å². The van der Waals surface area contributed by atoms with Crippen LogP contribution in [0.1, 0.15) is 21.5 Å². The molecule has 0 spiro atoms. The van der Waals surface area contributed by atoms with Crippen molar-refractivity contribution >= 4 is 23.2 Å². The highest BCUT2D eigenvalue weighted by molar-refractivity contribution is 6.34. The Kier molecular flexibility index (Phi) is 4.49. The van der Waals surface area contributed by atoms with Gasteiger partial charge in [-0.1, -0.05) is 11.6 Å². The number of nitrogens with zero attached hydrogens (tertiary/aromatic N) is 2. The minimum Gasteiger partial charge on any atom is -0.348 e. The van der Waals surface area contributed by atoms with E-state index in [0.717, 1.165) is 17.2 Å². The van der Waals surface area contributed by atoms with Crippen LogP contribution in [0.5, 0.6) is 0 Å². The number of carbonyl (C=O) groups excluding carboxylic acids is 1. The Bertz CT molecular complexity index is 704. The highest BCUT2D eigenvalue weighted by Gasteiger charge is 2.14. The predicted octanol–water partition coefficient (Wildman–Crippen LogP) is 2.88. The van der Waals surface area contributed by atoms with Crippen LogP contribution in [0.4, 0.5) is 5.69 Å². The smallest absolute Gasteiger partial charge is 0.270 e. The average molecular weight is 306 g/mol. The molecule has 0 atom stereocenters.